The Kier molecular flexibility index (Phi) is 6.70. The molecule has 1 amide bonds. The van der Waals surface area contributed by atoms with Gasteiger partial charge >= 0.3 is 0 Å². The number of carbonyl (C=O) groups excluding carboxylic acids is 1. The molecule has 0 radical (unpaired) electrons. The number of benzene rings is 2. The molecule has 2 aromatic rings. The summed E-state index contributed by atoms with van der Waals surface area (Å²) in [7, 11) is 3.11. The molecule has 2 aliphatic rings. The first-order chi connectivity index (χ1) is 15.9. The van der Waals surface area contributed by atoms with Crippen LogP contribution in [0.1, 0.15) is 61.0 Å². The maximum atomic E-state index is 13.9. The van der Waals surface area contributed by atoms with E-state index in [0.717, 1.165) is 31.2 Å². The summed E-state index contributed by atoms with van der Waals surface area (Å²) in [4.78, 5) is 15.7. The molecule has 1 heterocycles. The van der Waals surface area contributed by atoms with Gasteiger partial charge in [-0.05, 0) is 56.0 Å². The van der Waals surface area contributed by atoms with E-state index in [9.17, 15) is 15.0 Å². The lowest BCUT2D eigenvalue weighted by molar-refractivity contribution is -0.115. The van der Waals surface area contributed by atoms with Gasteiger partial charge in [-0.3, -0.25) is 4.79 Å². The Balaban J connectivity index is 1.78. The number of hydrogen-bond acceptors (Lipinski definition) is 6. The first kappa shape index (κ1) is 23.2. The highest BCUT2D eigenvalue weighted by Crippen LogP contribution is 2.50. The van der Waals surface area contributed by atoms with Gasteiger partial charge in [0.05, 0.1) is 38.0 Å². The van der Waals surface area contributed by atoms with Crippen LogP contribution >= 0.6 is 0 Å². The molecule has 3 atom stereocenters. The molecule has 7 nitrogen and oxygen atoms in total. The van der Waals surface area contributed by atoms with E-state index >= 15 is 0 Å². The summed E-state index contributed by atoms with van der Waals surface area (Å²) in [5.41, 5.74) is 0.489. The van der Waals surface area contributed by atoms with E-state index < -0.39 is 5.60 Å². The summed E-state index contributed by atoms with van der Waals surface area (Å²) >= 11 is 0. The second kappa shape index (κ2) is 9.51. The third-order valence-electron chi connectivity index (χ3n) is 7.09. The van der Waals surface area contributed by atoms with Crippen molar-refractivity contribution in [2.45, 2.75) is 50.7 Å². The lowest BCUT2D eigenvalue weighted by atomic mass is 9.66. The lowest BCUT2D eigenvalue weighted by Crippen LogP contribution is -2.56. The fourth-order valence-electron chi connectivity index (χ4n) is 5.44. The normalized spacial score (nSPS) is 24.7. The molecule has 1 saturated heterocycles. The summed E-state index contributed by atoms with van der Waals surface area (Å²) in [6, 6.07) is 10.1. The van der Waals surface area contributed by atoms with E-state index in [1.807, 2.05) is 17.9 Å². The molecule has 0 spiro atoms. The standard InChI is InChI=1S/C26H33NO6/c1-4-33-23-15-17(8-11-21(23)28)24-20-7-5-6-12-26(20,30)13-14-27(24)25(29)19-10-9-18(31-2)16-22(19)32-3/h8-11,15-16,20,24,28,30H,4-7,12-14H2,1-3H3/t20-,24+,26-/m0/s1. The van der Waals surface area contributed by atoms with Crippen molar-refractivity contribution in [1.82, 2.24) is 4.90 Å². The number of nitrogens with zero attached hydrogens (tertiary/aromatic N) is 1. The molecule has 1 saturated carbocycles. The van der Waals surface area contributed by atoms with Crippen LogP contribution in [0.25, 0.3) is 0 Å². The third kappa shape index (κ3) is 4.34. The molecule has 1 aliphatic carbocycles. The number of amides is 1. The zero-order valence-corrected chi connectivity index (χ0v) is 19.5. The number of methoxy groups -OCH3 is 2. The summed E-state index contributed by atoms with van der Waals surface area (Å²) < 4.78 is 16.4. The van der Waals surface area contributed by atoms with Crippen molar-refractivity contribution >= 4 is 5.91 Å². The maximum absolute atomic E-state index is 13.9. The van der Waals surface area contributed by atoms with Crippen molar-refractivity contribution < 1.29 is 29.2 Å². The summed E-state index contributed by atoms with van der Waals surface area (Å²) in [6.45, 7) is 2.70. The zero-order chi connectivity index (χ0) is 23.6. The molecule has 2 N–H and O–H groups in total. The van der Waals surface area contributed by atoms with Gasteiger partial charge in [-0.1, -0.05) is 18.9 Å². The van der Waals surface area contributed by atoms with Crippen LogP contribution in [0.4, 0.5) is 0 Å². The number of rotatable bonds is 6. The Morgan fingerprint density at radius 2 is 1.91 bits per heavy atom. The number of fused-ring (bicyclic) bond motifs is 1. The second-order valence-electron chi connectivity index (χ2n) is 8.88. The van der Waals surface area contributed by atoms with Crippen LogP contribution in [-0.4, -0.2) is 54.0 Å². The van der Waals surface area contributed by atoms with Crippen LogP contribution in [-0.2, 0) is 0 Å². The van der Waals surface area contributed by atoms with E-state index in [0.29, 0.717) is 42.4 Å². The van der Waals surface area contributed by atoms with Crippen LogP contribution in [0.15, 0.2) is 36.4 Å². The molecular weight excluding hydrogens is 422 g/mol. The van der Waals surface area contributed by atoms with Crippen LogP contribution in [0.2, 0.25) is 0 Å². The minimum absolute atomic E-state index is 0.0602. The number of likely N-dealkylation sites (tertiary alicyclic amines) is 1. The molecule has 0 aromatic heterocycles. The number of hydrogen-bond donors (Lipinski definition) is 2. The highest BCUT2D eigenvalue weighted by molar-refractivity contribution is 5.97. The fraction of sp³-hybridized carbons (Fsp3) is 0.500. The van der Waals surface area contributed by atoms with Crippen LogP contribution in [0.3, 0.4) is 0 Å². The first-order valence-electron chi connectivity index (χ1n) is 11.6. The topological polar surface area (TPSA) is 88.5 Å². The van der Waals surface area contributed by atoms with Gasteiger partial charge in [0.2, 0.25) is 0 Å². The number of aromatic hydroxyl groups is 1. The summed E-state index contributed by atoms with van der Waals surface area (Å²) in [6.07, 6.45) is 4.09. The van der Waals surface area contributed by atoms with Gasteiger partial charge in [0, 0.05) is 18.5 Å². The molecule has 33 heavy (non-hydrogen) atoms. The number of phenols is 1. The Morgan fingerprint density at radius 3 is 2.64 bits per heavy atom. The number of aliphatic hydroxyl groups is 1. The smallest absolute Gasteiger partial charge is 0.258 e. The molecule has 178 valence electrons. The van der Waals surface area contributed by atoms with Crippen molar-refractivity contribution in [1.29, 1.82) is 0 Å². The molecule has 2 aromatic carbocycles. The Hall–Kier alpha value is -2.93. The van der Waals surface area contributed by atoms with Crippen LogP contribution in [0.5, 0.6) is 23.0 Å². The predicted molar refractivity (Wildman–Crippen MR) is 124 cm³/mol. The van der Waals surface area contributed by atoms with Gasteiger partial charge in [0.25, 0.3) is 5.91 Å². The van der Waals surface area contributed by atoms with Crippen LogP contribution in [0, 0.1) is 5.92 Å². The highest BCUT2D eigenvalue weighted by Gasteiger charge is 2.50. The SMILES string of the molecule is CCOc1cc([C@@H]2[C@@H]3CCCC[C@]3(O)CCN2C(=O)c2ccc(OC)cc2OC)ccc1O. The Labute approximate surface area is 194 Å². The minimum Gasteiger partial charge on any atom is -0.504 e. The van der Waals surface area contributed by atoms with E-state index in [4.69, 9.17) is 14.2 Å². The fourth-order valence-corrected chi connectivity index (χ4v) is 5.44. The van der Waals surface area contributed by atoms with E-state index in [-0.39, 0.29) is 23.6 Å². The number of carbonyl (C=O) groups is 1. The Morgan fingerprint density at radius 1 is 1.09 bits per heavy atom. The van der Waals surface area contributed by atoms with Crippen molar-refractivity contribution in [3.8, 4) is 23.0 Å². The molecule has 2 fully saturated rings. The summed E-state index contributed by atoms with van der Waals surface area (Å²) in [5.74, 6) is 1.24. The highest BCUT2D eigenvalue weighted by atomic mass is 16.5. The zero-order valence-electron chi connectivity index (χ0n) is 19.5. The number of ether oxygens (including phenoxy) is 3. The van der Waals surface area contributed by atoms with Gasteiger partial charge in [-0.25, -0.2) is 0 Å². The second-order valence-corrected chi connectivity index (χ2v) is 8.88. The van der Waals surface area contributed by atoms with Gasteiger partial charge < -0.3 is 29.3 Å². The Bertz CT molecular complexity index is 1010. The van der Waals surface area contributed by atoms with Crippen molar-refractivity contribution in [2.75, 3.05) is 27.4 Å². The van der Waals surface area contributed by atoms with Gasteiger partial charge in [0.15, 0.2) is 11.5 Å². The van der Waals surface area contributed by atoms with Gasteiger partial charge in [-0.2, -0.15) is 0 Å². The summed E-state index contributed by atoms with van der Waals surface area (Å²) in [5, 5.41) is 21.8. The molecule has 7 heteroatoms. The number of phenolic OH excluding ortho intramolecular Hbond substituents is 1. The van der Waals surface area contributed by atoms with Crippen molar-refractivity contribution in [3.05, 3.63) is 47.5 Å². The lowest BCUT2D eigenvalue weighted by Gasteiger charge is -2.52. The average Bonchev–Trinajstić information content (AvgIpc) is 2.83. The molecule has 4 rings (SSSR count). The molecular formula is C26H33NO6. The first-order valence-corrected chi connectivity index (χ1v) is 11.6. The molecule has 1 aliphatic heterocycles. The average molecular weight is 456 g/mol. The largest absolute Gasteiger partial charge is 0.504 e. The van der Waals surface area contributed by atoms with Crippen molar-refractivity contribution in [3.63, 3.8) is 0 Å². The van der Waals surface area contributed by atoms with E-state index in [1.54, 1.807) is 37.4 Å². The number of piperidine rings is 1. The monoisotopic (exact) mass is 455 g/mol. The van der Waals surface area contributed by atoms with Gasteiger partial charge in [-0.15, -0.1) is 0 Å². The van der Waals surface area contributed by atoms with E-state index in [2.05, 4.69) is 0 Å². The molecule has 0 unspecified atom stereocenters. The predicted octanol–water partition coefficient (Wildman–Crippen LogP) is 4.32. The minimum atomic E-state index is -0.812. The van der Waals surface area contributed by atoms with Gasteiger partial charge in [0.1, 0.15) is 11.5 Å². The van der Waals surface area contributed by atoms with Crippen LogP contribution < -0.4 is 14.2 Å². The maximum Gasteiger partial charge on any atom is 0.258 e. The van der Waals surface area contributed by atoms with Crippen molar-refractivity contribution in [2.24, 2.45) is 5.92 Å². The van der Waals surface area contributed by atoms with E-state index in [1.165, 1.54) is 7.11 Å². The quantitative estimate of drug-likeness (QED) is 0.675. The third-order valence-corrected chi connectivity index (χ3v) is 7.09. The molecule has 0 bridgehead atoms.